The normalized spacial score (nSPS) is 12.7. The Morgan fingerprint density at radius 1 is 1.19 bits per heavy atom. The zero-order chi connectivity index (χ0) is 15.6. The third-order valence-electron chi connectivity index (χ3n) is 3.84. The van der Waals surface area contributed by atoms with E-state index in [0.29, 0.717) is 12.6 Å². The van der Waals surface area contributed by atoms with E-state index in [0.717, 1.165) is 5.56 Å². The highest BCUT2D eigenvalue weighted by Gasteiger charge is 2.18. The van der Waals surface area contributed by atoms with Gasteiger partial charge in [0.25, 0.3) is 0 Å². The third-order valence-corrected chi connectivity index (χ3v) is 3.84. The molecule has 0 aliphatic carbocycles. The van der Waals surface area contributed by atoms with Crippen molar-refractivity contribution in [2.45, 2.75) is 39.8 Å². The second-order valence-electron chi connectivity index (χ2n) is 6.06. The van der Waals surface area contributed by atoms with Crippen molar-refractivity contribution >= 4 is 5.69 Å². The molecule has 2 aromatic rings. The van der Waals surface area contributed by atoms with Gasteiger partial charge < -0.3 is 10.6 Å². The van der Waals surface area contributed by atoms with Gasteiger partial charge in [-0.3, -0.25) is 4.68 Å². The fraction of sp³-hybridized carbons (Fsp3) is 0.471. The molecule has 0 saturated heterocycles. The number of nitrogens with two attached hydrogens (primary N) is 1. The summed E-state index contributed by atoms with van der Waals surface area (Å²) in [7, 11) is 2.10. The van der Waals surface area contributed by atoms with Crippen LogP contribution in [0.1, 0.15) is 42.6 Å². The van der Waals surface area contributed by atoms with Gasteiger partial charge in [0.05, 0.1) is 12.2 Å². The lowest BCUT2D eigenvalue weighted by molar-refractivity contribution is 0.531. The van der Waals surface area contributed by atoms with Gasteiger partial charge in [-0.05, 0) is 51.0 Å². The molecular formula is C17H26N4. The van der Waals surface area contributed by atoms with Crippen molar-refractivity contribution in [1.29, 1.82) is 0 Å². The summed E-state index contributed by atoms with van der Waals surface area (Å²) in [6.07, 6.45) is 4.03. The minimum atomic E-state index is 0.138. The Morgan fingerprint density at radius 2 is 1.81 bits per heavy atom. The van der Waals surface area contributed by atoms with E-state index >= 15 is 0 Å². The maximum Gasteiger partial charge on any atom is 0.0692 e. The Balaban J connectivity index is 2.30. The number of anilines is 1. The van der Waals surface area contributed by atoms with Crippen LogP contribution in [0, 0.1) is 13.8 Å². The smallest absolute Gasteiger partial charge is 0.0692 e. The molecule has 0 aliphatic rings. The fourth-order valence-corrected chi connectivity index (χ4v) is 2.66. The molecule has 0 aliphatic heterocycles. The van der Waals surface area contributed by atoms with Crippen molar-refractivity contribution in [3.05, 3.63) is 47.3 Å². The summed E-state index contributed by atoms with van der Waals surface area (Å²) in [5.74, 6) is 0. The average Bonchev–Trinajstić information content (AvgIpc) is 2.88. The van der Waals surface area contributed by atoms with Crippen LogP contribution in [-0.4, -0.2) is 23.4 Å². The fourth-order valence-electron chi connectivity index (χ4n) is 2.66. The van der Waals surface area contributed by atoms with Gasteiger partial charge in [0, 0.05) is 37.1 Å². The zero-order valence-electron chi connectivity index (χ0n) is 13.7. The van der Waals surface area contributed by atoms with Gasteiger partial charge in [0.1, 0.15) is 0 Å². The van der Waals surface area contributed by atoms with E-state index in [-0.39, 0.29) is 6.04 Å². The van der Waals surface area contributed by atoms with Gasteiger partial charge in [-0.25, -0.2) is 0 Å². The number of hydrogen-bond acceptors (Lipinski definition) is 3. The second-order valence-corrected chi connectivity index (χ2v) is 6.06. The maximum atomic E-state index is 6.03. The van der Waals surface area contributed by atoms with Crippen molar-refractivity contribution in [3.8, 4) is 0 Å². The van der Waals surface area contributed by atoms with Crippen molar-refractivity contribution in [1.82, 2.24) is 9.78 Å². The minimum absolute atomic E-state index is 0.138. The zero-order valence-corrected chi connectivity index (χ0v) is 13.7. The molecule has 114 valence electrons. The quantitative estimate of drug-likeness (QED) is 0.918. The van der Waals surface area contributed by atoms with E-state index in [4.69, 9.17) is 5.73 Å². The van der Waals surface area contributed by atoms with Crippen LogP contribution >= 0.6 is 0 Å². The van der Waals surface area contributed by atoms with E-state index in [2.05, 4.69) is 69.1 Å². The van der Waals surface area contributed by atoms with Crippen LogP contribution < -0.4 is 10.6 Å². The van der Waals surface area contributed by atoms with Crippen molar-refractivity contribution in [2.75, 3.05) is 18.5 Å². The van der Waals surface area contributed by atoms with Gasteiger partial charge in [0.15, 0.2) is 0 Å². The van der Waals surface area contributed by atoms with Gasteiger partial charge in [0.2, 0.25) is 0 Å². The lowest BCUT2D eigenvalue weighted by Crippen LogP contribution is -2.30. The van der Waals surface area contributed by atoms with Crippen LogP contribution in [-0.2, 0) is 0 Å². The van der Waals surface area contributed by atoms with Crippen LogP contribution in [0.5, 0.6) is 0 Å². The van der Waals surface area contributed by atoms with Gasteiger partial charge >= 0.3 is 0 Å². The lowest BCUT2D eigenvalue weighted by atomic mass is 10.1. The summed E-state index contributed by atoms with van der Waals surface area (Å²) in [6.45, 7) is 9.06. The first kappa shape index (κ1) is 15.6. The highest BCUT2D eigenvalue weighted by Crippen LogP contribution is 2.27. The average molecular weight is 286 g/mol. The predicted molar refractivity (Wildman–Crippen MR) is 88.7 cm³/mol. The lowest BCUT2D eigenvalue weighted by Gasteiger charge is -2.29. The van der Waals surface area contributed by atoms with Gasteiger partial charge in [-0.1, -0.05) is 6.07 Å². The molecule has 1 heterocycles. The Kier molecular flexibility index (Phi) is 4.68. The number of nitrogens with zero attached hydrogens (tertiary/aromatic N) is 3. The second kappa shape index (κ2) is 6.31. The van der Waals surface area contributed by atoms with Gasteiger partial charge in [-0.2, -0.15) is 5.10 Å². The molecule has 21 heavy (non-hydrogen) atoms. The molecule has 0 amide bonds. The van der Waals surface area contributed by atoms with Crippen LogP contribution in [0.25, 0.3) is 0 Å². The largest absolute Gasteiger partial charge is 0.366 e. The van der Waals surface area contributed by atoms with Gasteiger partial charge in [-0.15, -0.1) is 0 Å². The molecule has 1 unspecified atom stereocenters. The van der Waals surface area contributed by atoms with E-state index < -0.39 is 0 Å². The molecule has 0 saturated carbocycles. The first-order valence-electron chi connectivity index (χ1n) is 7.47. The molecule has 0 radical (unpaired) electrons. The summed E-state index contributed by atoms with van der Waals surface area (Å²) >= 11 is 0. The molecular weight excluding hydrogens is 260 g/mol. The molecule has 1 atom stereocenters. The van der Waals surface area contributed by atoms with E-state index in [9.17, 15) is 0 Å². The molecule has 0 spiro atoms. The molecule has 2 N–H and O–H groups in total. The summed E-state index contributed by atoms with van der Waals surface area (Å²) in [5.41, 5.74) is 10.9. The van der Waals surface area contributed by atoms with E-state index in [1.54, 1.807) is 0 Å². The van der Waals surface area contributed by atoms with E-state index in [1.807, 2.05) is 10.9 Å². The Hall–Kier alpha value is -1.81. The highest BCUT2D eigenvalue weighted by atomic mass is 15.3. The summed E-state index contributed by atoms with van der Waals surface area (Å²) in [4.78, 5) is 2.24. The molecule has 4 heteroatoms. The summed E-state index contributed by atoms with van der Waals surface area (Å²) in [5, 5.41) is 4.43. The minimum Gasteiger partial charge on any atom is -0.366 e. The number of aryl methyl sites for hydroxylation is 2. The Bertz CT molecular complexity index is 580. The van der Waals surface area contributed by atoms with Crippen molar-refractivity contribution in [3.63, 3.8) is 0 Å². The highest BCUT2D eigenvalue weighted by molar-refractivity contribution is 5.52. The molecule has 2 rings (SSSR count). The Morgan fingerprint density at radius 3 is 2.29 bits per heavy atom. The van der Waals surface area contributed by atoms with Crippen LogP contribution in [0.2, 0.25) is 0 Å². The van der Waals surface area contributed by atoms with E-state index in [1.165, 1.54) is 16.8 Å². The number of aromatic nitrogens is 2. The van der Waals surface area contributed by atoms with Crippen LogP contribution in [0.3, 0.4) is 0 Å². The SMILES string of the molecule is Cc1cc(C)cc(N(C)C(CN)c2cnn(C(C)C)c2)c1. The Labute approximate surface area is 127 Å². The molecule has 1 aromatic heterocycles. The van der Waals surface area contributed by atoms with Crippen LogP contribution in [0.15, 0.2) is 30.6 Å². The standard InChI is InChI=1S/C17H26N4/c1-12(2)21-11-15(10-19-21)17(9-18)20(5)16-7-13(3)6-14(4)8-16/h6-8,10-12,17H,9,18H2,1-5H3. The number of benzene rings is 1. The number of hydrogen-bond donors (Lipinski definition) is 1. The number of rotatable bonds is 5. The number of likely N-dealkylation sites (N-methyl/N-ethyl adjacent to an activating group) is 1. The molecule has 4 nitrogen and oxygen atoms in total. The van der Waals surface area contributed by atoms with Crippen LogP contribution in [0.4, 0.5) is 5.69 Å². The maximum absolute atomic E-state index is 6.03. The first-order valence-corrected chi connectivity index (χ1v) is 7.47. The topological polar surface area (TPSA) is 47.1 Å². The molecule has 1 aromatic carbocycles. The molecule has 0 fully saturated rings. The van der Waals surface area contributed by atoms with Crippen molar-refractivity contribution < 1.29 is 0 Å². The third kappa shape index (κ3) is 3.45. The van der Waals surface area contributed by atoms with Crippen molar-refractivity contribution in [2.24, 2.45) is 5.73 Å². The predicted octanol–water partition coefficient (Wildman–Crippen LogP) is 3.22. The summed E-state index contributed by atoms with van der Waals surface area (Å²) < 4.78 is 1.98. The monoisotopic (exact) mass is 286 g/mol. The molecule has 0 bridgehead atoms. The first-order chi connectivity index (χ1) is 9.92. The summed E-state index contributed by atoms with van der Waals surface area (Å²) in [6, 6.07) is 7.08.